The van der Waals surface area contributed by atoms with Gasteiger partial charge in [-0.15, -0.1) is 11.8 Å². The fourth-order valence-electron chi connectivity index (χ4n) is 2.30. The Kier molecular flexibility index (Phi) is 6.90. The molecule has 2 aromatic rings. The topological polar surface area (TPSA) is 88.6 Å². The van der Waals surface area contributed by atoms with Crippen molar-refractivity contribution in [3.8, 4) is 0 Å². The van der Waals surface area contributed by atoms with Gasteiger partial charge in [0, 0.05) is 12.1 Å². The molecule has 2 aromatic heterocycles. The highest BCUT2D eigenvalue weighted by atomic mass is 32.2. The second-order valence-electron chi connectivity index (χ2n) is 6.39. The second kappa shape index (κ2) is 8.93. The highest BCUT2D eigenvalue weighted by molar-refractivity contribution is 8.01. The van der Waals surface area contributed by atoms with Crippen molar-refractivity contribution in [3.63, 3.8) is 0 Å². The van der Waals surface area contributed by atoms with Crippen LogP contribution in [0.2, 0.25) is 0 Å². The molecule has 1 unspecified atom stereocenters. The molecule has 2 heterocycles. The summed E-state index contributed by atoms with van der Waals surface area (Å²) in [5, 5.41) is 6.02. The summed E-state index contributed by atoms with van der Waals surface area (Å²) < 4.78 is 10.5. The lowest BCUT2D eigenvalue weighted by Gasteiger charge is -2.26. The highest BCUT2D eigenvalue weighted by Crippen LogP contribution is 2.18. The Morgan fingerprint density at radius 2 is 1.96 bits per heavy atom. The van der Waals surface area contributed by atoms with E-state index in [-0.39, 0.29) is 23.6 Å². The minimum atomic E-state index is -0.393. The Labute approximate surface area is 157 Å². The molecule has 2 rings (SSSR count). The first-order chi connectivity index (χ1) is 12.3. The van der Waals surface area contributed by atoms with Crippen LogP contribution in [0, 0.1) is 13.8 Å². The number of hydrogen-bond donors (Lipinski definition) is 1. The molecule has 0 fully saturated rings. The van der Waals surface area contributed by atoms with Gasteiger partial charge in [-0.2, -0.15) is 0 Å². The zero-order chi connectivity index (χ0) is 19.3. The second-order valence-corrected chi connectivity index (χ2v) is 7.72. The van der Waals surface area contributed by atoms with Crippen LogP contribution < -0.4 is 5.32 Å². The third-order valence-electron chi connectivity index (χ3n) is 3.77. The van der Waals surface area contributed by atoms with Crippen LogP contribution in [0.15, 0.2) is 27.1 Å². The molecule has 0 aromatic carbocycles. The zero-order valence-electron chi connectivity index (χ0n) is 15.7. The molecule has 1 N–H and O–H groups in total. The van der Waals surface area contributed by atoms with Crippen LogP contribution in [0.3, 0.4) is 0 Å². The molecule has 1 atom stereocenters. The summed E-state index contributed by atoms with van der Waals surface area (Å²) in [4.78, 5) is 26.5. The fraction of sp³-hybridized carbons (Fsp3) is 0.500. The average Bonchev–Trinajstić information content (AvgIpc) is 3.17. The number of rotatable bonds is 8. The van der Waals surface area contributed by atoms with E-state index in [4.69, 9.17) is 8.94 Å². The number of aromatic nitrogens is 1. The standard InChI is InChI=1S/C18H25N3O4S/c1-11(2)21(9-15-7-6-12(3)24-15)17(22)10-26-14(5)18(23)19-16-8-13(4)25-20-16/h6-8,11,14H,9-10H2,1-5H3,(H,19,20,23). The molecule has 26 heavy (non-hydrogen) atoms. The number of nitrogens with one attached hydrogen (secondary N) is 1. The lowest BCUT2D eigenvalue weighted by atomic mass is 10.3. The third kappa shape index (κ3) is 5.66. The van der Waals surface area contributed by atoms with E-state index in [1.54, 1.807) is 24.8 Å². The largest absolute Gasteiger partial charge is 0.464 e. The van der Waals surface area contributed by atoms with Crippen molar-refractivity contribution in [3.05, 3.63) is 35.5 Å². The number of aryl methyl sites for hydroxylation is 2. The number of carbonyl (C=O) groups excluding carboxylic acids is 2. The van der Waals surface area contributed by atoms with Gasteiger partial charge in [-0.05, 0) is 46.8 Å². The number of anilines is 1. The Balaban J connectivity index is 1.86. The van der Waals surface area contributed by atoms with Crippen LogP contribution in [-0.2, 0) is 16.1 Å². The first-order valence-electron chi connectivity index (χ1n) is 8.47. The van der Waals surface area contributed by atoms with E-state index in [2.05, 4.69) is 10.5 Å². The molecule has 0 aliphatic heterocycles. The van der Waals surface area contributed by atoms with E-state index in [1.165, 1.54) is 11.8 Å². The molecule has 0 saturated carbocycles. The minimum absolute atomic E-state index is 0.0315. The Bertz CT molecular complexity index is 753. The van der Waals surface area contributed by atoms with Crippen molar-refractivity contribution in [2.45, 2.75) is 52.5 Å². The van der Waals surface area contributed by atoms with Crippen molar-refractivity contribution < 1.29 is 18.5 Å². The van der Waals surface area contributed by atoms with Crippen LogP contribution in [0.5, 0.6) is 0 Å². The maximum absolute atomic E-state index is 12.6. The van der Waals surface area contributed by atoms with E-state index >= 15 is 0 Å². The van der Waals surface area contributed by atoms with E-state index in [9.17, 15) is 9.59 Å². The first kappa shape index (κ1) is 20.1. The highest BCUT2D eigenvalue weighted by Gasteiger charge is 2.22. The molecule has 2 amide bonds. The third-order valence-corrected chi connectivity index (χ3v) is 4.90. The number of nitrogens with zero attached hydrogens (tertiary/aromatic N) is 2. The maximum atomic E-state index is 12.6. The van der Waals surface area contributed by atoms with Crippen LogP contribution >= 0.6 is 11.8 Å². The number of amides is 2. The molecular formula is C18H25N3O4S. The van der Waals surface area contributed by atoms with E-state index in [0.29, 0.717) is 18.1 Å². The smallest absolute Gasteiger partial charge is 0.238 e. The van der Waals surface area contributed by atoms with Crippen LogP contribution in [0.1, 0.15) is 38.1 Å². The Morgan fingerprint density at radius 3 is 2.50 bits per heavy atom. The van der Waals surface area contributed by atoms with Crippen LogP contribution in [0.25, 0.3) is 0 Å². The van der Waals surface area contributed by atoms with Gasteiger partial charge in [-0.25, -0.2) is 0 Å². The van der Waals surface area contributed by atoms with Crippen molar-refractivity contribution in [1.82, 2.24) is 10.1 Å². The quantitative estimate of drug-likeness (QED) is 0.756. The summed E-state index contributed by atoms with van der Waals surface area (Å²) in [6.07, 6.45) is 0. The number of carbonyl (C=O) groups is 2. The number of thioether (sulfide) groups is 1. The number of furan rings is 1. The van der Waals surface area contributed by atoms with Gasteiger partial charge in [-0.3, -0.25) is 9.59 Å². The molecule has 0 aliphatic carbocycles. The normalized spacial score (nSPS) is 12.2. The van der Waals surface area contributed by atoms with E-state index in [0.717, 1.165) is 11.5 Å². The van der Waals surface area contributed by atoms with Crippen LogP contribution in [0.4, 0.5) is 5.82 Å². The van der Waals surface area contributed by atoms with E-state index in [1.807, 2.05) is 32.9 Å². The molecule has 0 radical (unpaired) electrons. The summed E-state index contributed by atoms with van der Waals surface area (Å²) in [6.45, 7) is 9.72. The predicted molar refractivity (Wildman–Crippen MR) is 101 cm³/mol. The Hall–Kier alpha value is -2.22. The summed E-state index contributed by atoms with van der Waals surface area (Å²) in [5.74, 6) is 2.54. The Morgan fingerprint density at radius 1 is 1.23 bits per heavy atom. The monoisotopic (exact) mass is 379 g/mol. The summed E-state index contributed by atoms with van der Waals surface area (Å²) in [6, 6.07) is 5.44. The summed E-state index contributed by atoms with van der Waals surface area (Å²) in [5.41, 5.74) is 0. The fourth-order valence-corrected chi connectivity index (χ4v) is 3.07. The summed E-state index contributed by atoms with van der Waals surface area (Å²) in [7, 11) is 0. The van der Waals surface area contributed by atoms with Gasteiger partial charge in [0.1, 0.15) is 17.3 Å². The molecule has 7 nitrogen and oxygen atoms in total. The van der Waals surface area contributed by atoms with Crippen molar-refractivity contribution in [2.24, 2.45) is 0 Å². The molecule has 142 valence electrons. The minimum Gasteiger partial charge on any atom is -0.464 e. The molecule has 0 bridgehead atoms. The lowest BCUT2D eigenvalue weighted by Crippen LogP contribution is -2.38. The number of hydrogen-bond acceptors (Lipinski definition) is 6. The average molecular weight is 379 g/mol. The van der Waals surface area contributed by atoms with Gasteiger partial charge in [0.25, 0.3) is 0 Å². The lowest BCUT2D eigenvalue weighted by molar-refractivity contribution is -0.130. The van der Waals surface area contributed by atoms with Gasteiger partial charge >= 0.3 is 0 Å². The molecule has 8 heteroatoms. The van der Waals surface area contributed by atoms with Crippen LogP contribution in [-0.4, -0.2) is 38.9 Å². The molecule has 0 spiro atoms. The SMILES string of the molecule is Cc1cc(NC(=O)C(C)SCC(=O)N(Cc2ccc(C)o2)C(C)C)no1. The van der Waals surface area contributed by atoms with Gasteiger partial charge in [0.15, 0.2) is 5.82 Å². The van der Waals surface area contributed by atoms with Gasteiger partial charge in [0.2, 0.25) is 11.8 Å². The first-order valence-corrected chi connectivity index (χ1v) is 9.51. The predicted octanol–water partition coefficient (Wildman–Crippen LogP) is 3.38. The van der Waals surface area contributed by atoms with Gasteiger partial charge in [-0.1, -0.05) is 5.16 Å². The van der Waals surface area contributed by atoms with Crippen molar-refractivity contribution in [2.75, 3.05) is 11.1 Å². The van der Waals surface area contributed by atoms with Crippen molar-refractivity contribution >= 4 is 29.4 Å². The van der Waals surface area contributed by atoms with E-state index < -0.39 is 5.25 Å². The van der Waals surface area contributed by atoms with Gasteiger partial charge < -0.3 is 19.2 Å². The molecular weight excluding hydrogens is 354 g/mol. The van der Waals surface area contributed by atoms with Gasteiger partial charge in [0.05, 0.1) is 17.5 Å². The molecule has 0 aliphatic rings. The zero-order valence-corrected chi connectivity index (χ0v) is 16.6. The van der Waals surface area contributed by atoms with Crippen molar-refractivity contribution in [1.29, 1.82) is 0 Å². The maximum Gasteiger partial charge on any atom is 0.238 e. The summed E-state index contributed by atoms with van der Waals surface area (Å²) >= 11 is 1.29. The molecule has 0 saturated heterocycles.